The Labute approximate surface area is 59.3 Å². The summed E-state index contributed by atoms with van der Waals surface area (Å²) in [5.74, 6) is 0.0411. The molecule has 1 rings (SSSR count). The summed E-state index contributed by atoms with van der Waals surface area (Å²) in [6.45, 7) is 1.37. The second kappa shape index (κ2) is 2.73. The molecule has 0 aliphatic heterocycles. The molecule has 0 aromatic carbocycles. The van der Waals surface area contributed by atoms with Crippen molar-refractivity contribution in [1.82, 2.24) is 0 Å². The van der Waals surface area contributed by atoms with E-state index < -0.39 is 0 Å². The van der Waals surface area contributed by atoms with Crippen LogP contribution in [0.5, 0.6) is 0 Å². The fraction of sp³-hybridized carbons (Fsp3) is 0.571. The van der Waals surface area contributed by atoms with Crippen molar-refractivity contribution in [2.24, 2.45) is 0 Å². The summed E-state index contributed by atoms with van der Waals surface area (Å²) in [6, 6.07) is 0. The fourth-order valence-corrected chi connectivity index (χ4v) is 0.992. The molecule has 1 N–H and O–H groups in total. The van der Waals surface area contributed by atoms with Gasteiger partial charge in [0.1, 0.15) is 6.10 Å². The molecule has 0 radical (unpaired) electrons. The molecule has 1 atom stereocenters. The predicted molar refractivity (Wildman–Crippen MR) is 35.5 cm³/mol. The van der Waals surface area contributed by atoms with Crippen molar-refractivity contribution in [2.75, 3.05) is 0 Å². The maximum Gasteiger partial charge on any atom is 0.302 e. The Morgan fingerprint density at radius 2 is 2.60 bits per heavy atom. The first-order chi connectivity index (χ1) is 4.68. The largest absolute Gasteiger partial charge is 0.513 e. The van der Waals surface area contributed by atoms with E-state index in [0.29, 0.717) is 18.6 Å². The van der Waals surface area contributed by atoms with Crippen LogP contribution in [0, 0.1) is 0 Å². The van der Waals surface area contributed by atoms with Gasteiger partial charge >= 0.3 is 5.97 Å². The Morgan fingerprint density at radius 3 is 3.00 bits per heavy atom. The van der Waals surface area contributed by atoms with Gasteiger partial charge in [-0.2, -0.15) is 0 Å². The highest BCUT2D eigenvalue weighted by Gasteiger charge is 2.18. The molecule has 10 heavy (non-hydrogen) atoms. The molecule has 1 unspecified atom stereocenters. The Morgan fingerprint density at radius 1 is 1.90 bits per heavy atom. The molecule has 0 bridgehead atoms. The lowest BCUT2D eigenvalue weighted by atomic mass is 10.3. The molecule has 3 heteroatoms. The van der Waals surface area contributed by atoms with E-state index in [9.17, 15) is 4.79 Å². The molecule has 0 spiro atoms. The van der Waals surface area contributed by atoms with Gasteiger partial charge in [0.25, 0.3) is 0 Å². The summed E-state index contributed by atoms with van der Waals surface area (Å²) >= 11 is 0. The van der Waals surface area contributed by atoms with E-state index in [1.807, 2.05) is 0 Å². The van der Waals surface area contributed by atoms with E-state index in [1.165, 1.54) is 6.92 Å². The van der Waals surface area contributed by atoms with Crippen LogP contribution in [0.3, 0.4) is 0 Å². The lowest BCUT2D eigenvalue weighted by Gasteiger charge is -2.07. The third-order valence-electron chi connectivity index (χ3n) is 1.39. The van der Waals surface area contributed by atoms with Crippen molar-refractivity contribution in [3.63, 3.8) is 0 Å². The zero-order chi connectivity index (χ0) is 7.56. The van der Waals surface area contributed by atoms with Gasteiger partial charge in [-0.25, -0.2) is 0 Å². The number of esters is 1. The number of hydrogen-bond acceptors (Lipinski definition) is 3. The van der Waals surface area contributed by atoms with E-state index in [1.54, 1.807) is 6.08 Å². The second-order valence-electron chi connectivity index (χ2n) is 2.37. The summed E-state index contributed by atoms with van der Waals surface area (Å²) in [5.41, 5.74) is 0. The number of carbonyl (C=O) groups excluding carboxylic acids is 1. The highest BCUT2D eigenvalue weighted by molar-refractivity contribution is 5.66. The Balaban J connectivity index is 2.29. The van der Waals surface area contributed by atoms with Crippen LogP contribution in [0.25, 0.3) is 0 Å². The van der Waals surface area contributed by atoms with Gasteiger partial charge in [-0.1, -0.05) is 0 Å². The van der Waals surface area contributed by atoms with Crippen LogP contribution in [0.4, 0.5) is 0 Å². The van der Waals surface area contributed by atoms with Crippen LogP contribution in [-0.2, 0) is 9.53 Å². The van der Waals surface area contributed by atoms with Crippen molar-refractivity contribution in [3.05, 3.63) is 11.8 Å². The Kier molecular flexibility index (Phi) is 1.94. The summed E-state index contributed by atoms with van der Waals surface area (Å²) in [4.78, 5) is 10.4. The zero-order valence-electron chi connectivity index (χ0n) is 5.83. The maximum absolute atomic E-state index is 10.4. The molecule has 0 heterocycles. The summed E-state index contributed by atoms with van der Waals surface area (Å²) < 4.78 is 4.83. The number of carbonyl (C=O) groups is 1. The van der Waals surface area contributed by atoms with Gasteiger partial charge in [0, 0.05) is 19.8 Å². The van der Waals surface area contributed by atoms with Crippen molar-refractivity contribution >= 4 is 5.97 Å². The van der Waals surface area contributed by atoms with Gasteiger partial charge in [0.15, 0.2) is 0 Å². The number of aliphatic hydroxyl groups is 1. The molecule has 0 saturated carbocycles. The number of rotatable bonds is 1. The summed E-state index contributed by atoms with van der Waals surface area (Å²) in [7, 11) is 0. The third kappa shape index (κ3) is 1.76. The van der Waals surface area contributed by atoms with E-state index in [-0.39, 0.29) is 12.1 Å². The van der Waals surface area contributed by atoms with Crippen molar-refractivity contribution in [1.29, 1.82) is 0 Å². The summed E-state index contributed by atoms with van der Waals surface area (Å²) in [5, 5.41) is 8.88. The van der Waals surface area contributed by atoms with Crippen LogP contribution in [0.1, 0.15) is 19.8 Å². The average Bonchev–Trinajstić information content (AvgIpc) is 2.13. The lowest BCUT2D eigenvalue weighted by molar-refractivity contribution is -0.145. The first kappa shape index (κ1) is 7.12. The SMILES string of the molecule is CC(=O)OC1CC=C(O)C1. The predicted octanol–water partition coefficient (Wildman–Crippen LogP) is 1.15. The van der Waals surface area contributed by atoms with Crippen LogP contribution >= 0.6 is 0 Å². The molecule has 0 aromatic heterocycles. The molecule has 3 nitrogen and oxygen atoms in total. The average molecular weight is 142 g/mol. The molecule has 1 aliphatic carbocycles. The first-order valence-corrected chi connectivity index (χ1v) is 3.23. The number of hydrogen-bond donors (Lipinski definition) is 1. The topological polar surface area (TPSA) is 46.5 Å². The van der Waals surface area contributed by atoms with Crippen LogP contribution in [0.2, 0.25) is 0 Å². The Bertz CT molecular complexity index is 172. The first-order valence-electron chi connectivity index (χ1n) is 3.23. The number of ether oxygens (including phenoxy) is 1. The summed E-state index contributed by atoms with van der Waals surface area (Å²) in [6.07, 6.45) is 2.66. The minimum absolute atomic E-state index is 0.127. The van der Waals surface area contributed by atoms with E-state index in [0.717, 1.165) is 0 Å². The molecule has 0 fully saturated rings. The minimum atomic E-state index is -0.284. The zero-order valence-corrected chi connectivity index (χ0v) is 5.83. The monoisotopic (exact) mass is 142 g/mol. The Hall–Kier alpha value is -0.990. The maximum atomic E-state index is 10.4. The van der Waals surface area contributed by atoms with Gasteiger partial charge in [-0.3, -0.25) is 4.79 Å². The molecule has 56 valence electrons. The molecule has 0 amide bonds. The van der Waals surface area contributed by atoms with Gasteiger partial charge in [-0.15, -0.1) is 0 Å². The van der Waals surface area contributed by atoms with Gasteiger partial charge in [0.2, 0.25) is 0 Å². The van der Waals surface area contributed by atoms with Gasteiger partial charge in [0.05, 0.1) is 5.76 Å². The van der Waals surface area contributed by atoms with Crippen LogP contribution in [0.15, 0.2) is 11.8 Å². The lowest BCUT2D eigenvalue weighted by Crippen LogP contribution is -2.12. The molecular formula is C7H10O3. The van der Waals surface area contributed by atoms with Gasteiger partial charge in [-0.05, 0) is 6.08 Å². The van der Waals surface area contributed by atoms with Crippen molar-refractivity contribution in [3.8, 4) is 0 Å². The molecular weight excluding hydrogens is 132 g/mol. The molecule has 0 aromatic rings. The third-order valence-corrected chi connectivity index (χ3v) is 1.39. The number of aliphatic hydroxyl groups excluding tert-OH is 1. The van der Waals surface area contributed by atoms with Gasteiger partial charge < -0.3 is 9.84 Å². The normalized spacial score (nSPS) is 24.1. The van der Waals surface area contributed by atoms with Crippen molar-refractivity contribution in [2.45, 2.75) is 25.9 Å². The van der Waals surface area contributed by atoms with Crippen LogP contribution in [-0.4, -0.2) is 17.2 Å². The second-order valence-corrected chi connectivity index (χ2v) is 2.37. The quantitative estimate of drug-likeness (QED) is 0.559. The molecule has 1 aliphatic rings. The smallest absolute Gasteiger partial charge is 0.302 e. The highest BCUT2D eigenvalue weighted by atomic mass is 16.5. The van der Waals surface area contributed by atoms with Crippen molar-refractivity contribution < 1.29 is 14.6 Å². The minimum Gasteiger partial charge on any atom is -0.513 e. The highest BCUT2D eigenvalue weighted by Crippen LogP contribution is 2.18. The van der Waals surface area contributed by atoms with E-state index >= 15 is 0 Å². The van der Waals surface area contributed by atoms with E-state index in [2.05, 4.69) is 0 Å². The molecule has 0 saturated heterocycles. The van der Waals surface area contributed by atoms with E-state index in [4.69, 9.17) is 9.84 Å². The fourth-order valence-electron chi connectivity index (χ4n) is 0.992. The standard InChI is InChI=1S/C7H10O3/c1-5(8)10-7-3-2-6(9)4-7/h2,7,9H,3-4H2,1H3. The van der Waals surface area contributed by atoms with Crippen LogP contribution < -0.4 is 0 Å².